The quantitative estimate of drug-likeness (QED) is 0.707. The van der Waals surface area contributed by atoms with E-state index in [1.165, 1.54) is 12.2 Å². The van der Waals surface area contributed by atoms with Crippen LogP contribution >= 0.6 is 0 Å². The highest BCUT2D eigenvalue weighted by atomic mass is 16.5. The summed E-state index contributed by atoms with van der Waals surface area (Å²) < 4.78 is 10.8. The molecule has 7 nitrogen and oxygen atoms in total. The summed E-state index contributed by atoms with van der Waals surface area (Å²) in [5.74, 6) is 0.0225. The molecule has 0 spiro atoms. The number of morpholine rings is 1. The SMILES string of the molecule is O=C(/C=C/c1nc2ccccc2o1)Nc1ccc(C(=O)N2CCOCC2)cc1. The summed E-state index contributed by atoms with van der Waals surface area (Å²) >= 11 is 0. The number of para-hydroxylation sites is 2. The van der Waals surface area contributed by atoms with Gasteiger partial charge >= 0.3 is 0 Å². The summed E-state index contributed by atoms with van der Waals surface area (Å²) in [4.78, 5) is 30.6. The van der Waals surface area contributed by atoms with E-state index in [0.29, 0.717) is 49.0 Å². The lowest BCUT2D eigenvalue weighted by atomic mass is 10.1. The molecule has 1 fully saturated rings. The van der Waals surface area contributed by atoms with E-state index in [-0.39, 0.29) is 11.8 Å². The van der Waals surface area contributed by atoms with Gasteiger partial charge in [-0.2, -0.15) is 0 Å². The van der Waals surface area contributed by atoms with Crippen LogP contribution in [0.5, 0.6) is 0 Å². The fourth-order valence-electron chi connectivity index (χ4n) is 2.94. The van der Waals surface area contributed by atoms with Crippen LogP contribution in [0.25, 0.3) is 17.2 Å². The van der Waals surface area contributed by atoms with Gasteiger partial charge in [0, 0.05) is 36.5 Å². The van der Waals surface area contributed by atoms with Crippen LogP contribution in [0.15, 0.2) is 59.0 Å². The molecule has 0 atom stereocenters. The van der Waals surface area contributed by atoms with Crippen LogP contribution in [0.2, 0.25) is 0 Å². The van der Waals surface area contributed by atoms with Crippen molar-refractivity contribution in [3.63, 3.8) is 0 Å². The van der Waals surface area contributed by atoms with Crippen molar-refractivity contribution in [2.24, 2.45) is 0 Å². The molecule has 1 aliphatic rings. The second-order valence-corrected chi connectivity index (χ2v) is 6.32. The second kappa shape index (κ2) is 8.06. The van der Waals surface area contributed by atoms with Crippen LogP contribution in [0.4, 0.5) is 5.69 Å². The second-order valence-electron chi connectivity index (χ2n) is 6.32. The molecule has 2 amide bonds. The smallest absolute Gasteiger partial charge is 0.254 e. The monoisotopic (exact) mass is 377 g/mol. The number of amides is 2. The van der Waals surface area contributed by atoms with Crippen LogP contribution in [0.3, 0.4) is 0 Å². The molecule has 0 aliphatic carbocycles. The number of hydrogen-bond acceptors (Lipinski definition) is 5. The molecule has 4 rings (SSSR count). The third-order valence-electron chi connectivity index (χ3n) is 4.39. The number of hydrogen-bond donors (Lipinski definition) is 1. The molecule has 142 valence electrons. The average Bonchev–Trinajstić information content (AvgIpc) is 3.16. The Morgan fingerprint density at radius 3 is 2.54 bits per heavy atom. The van der Waals surface area contributed by atoms with E-state index in [1.807, 2.05) is 24.3 Å². The first-order valence-electron chi connectivity index (χ1n) is 9.01. The first-order chi connectivity index (χ1) is 13.7. The molecule has 0 radical (unpaired) electrons. The number of nitrogens with one attached hydrogen (secondary N) is 1. The first kappa shape index (κ1) is 17.9. The topological polar surface area (TPSA) is 84.7 Å². The summed E-state index contributed by atoms with van der Waals surface area (Å²) in [5.41, 5.74) is 2.60. The number of fused-ring (bicyclic) bond motifs is 1. The van der Waals surface area contributed by atoms with Gasteiger partial charge in [0.25, 0.3) is 5.91 Å². The van der Waals surface area contributed by atoms with Crippen LogP contribution in [-0.2, 0) is 9.53 Å². The molecule has 0 unspecified atom stereocenters. The Balaban J connectivity index is 1.36. The highest BCUT2D eigenvalue weighted by molar-refractivity contribution is 6.02. The van der Waals surface area contributed by atoms with E-state index < -0.39 is 0 Å². The van der Waals surface area contributed by atoms with Crippen molar-refractivity contribution in [1.82, 2.24) is 9.88 Å². The highest BCUT2D eigenvalue weighted by Crippen LogP contribution is 2.16. The van der Waals surface area contributed by atoms with Crippen molar-refractivity contribution in [3.8, 4) is 0 Å². The van der Waals surface area contributed by atoms with Gasteiger partial charge in [-0.1, -0.05) is 12.1 Å². The molecule has 2 heterocycles. The van der Waals surface area contributed by atoms with E-state index in [1.54, 1.807) is 29.2 Å². The van der Waals surface area contributed by atoms with E-state index in [2.05, 4.69) is 10.3 Å². The summed E-state index contributed by atoms with van der Waals surface area (Å²) in [5, 5.41) is 2.75. The van der Waals surface area contributed by atoms with E-state index in [9.17, 15) is 9.59 Å². The zero-order valence-electron chi connectivity index (χ0n) is 15.1. The molecule has 1 N–H and O–H groups in total. The van der Waals surface area contributed by atoms with Gasteiger partial charge < -0.3 is 19.4 Å². The fourth-order valence-corrected chi connectivity index (χ4v) is 2.94. The minimum Gasteiger partial charge on any atom is -0.437 e. The third kappa shape index (κ3) is 4.10. The number of rotatable bonds is 4. The number of benzene rings is 2. The summed E-state index contributed by atoms with van der Waals surface area (Å²) in [6.45, 7) is 2.31. The molecule has 1 aliphatic heterocycles. The molecular formula is C21H19N3O4. The summed E-state index contributed by atoms with van der Waals surface area (Å²) in [7, 11) is 0. The zero-order valence-corrected chi connectivity index (χ0v) is 15.1. The van der Waals surface area contributed by atoms with Crippen molar-refractivity contribution < 1.29 is 18.7 Å². The molecule has 1 aromatic heterocycles. The standard InChI is InChI=1S/C21H19N3O4/c25-19(9-10-20-23-17-3-1-2-4-18(17)28-20)22-16-7-5-15(6-8-16)21(26)24-11-13-27-14-12-24/h1-10H,11-14H2,(H,22,25)/b10-9+. The van der Waals surface area contributed by atoms with Crippen LogP contribution in [-0.4, -0.2) is 48.0 Å². The van der Waals surface area contributed by atoms with Gasteiger partial charge in [-0.3, -0.25) is 9.59 Å². The number of carbonyl (C=O) groups excluding carboxylic acids is 2. The van der Waals surface area contributed by atoms with Crippen LogP contribution < -0.4 is 5.32 Å². The lowest BCUT2D eigenvalue weighted by Crippen LogP contribution is -2.40. The van der Waals surface area contributed by atoms with Crippen molar-refractivity contribution in [2.45, 2.75) is 0 Å². The molecule has 1 saturated heterocycles. The number of nitrogens with zero attached hydrogens (tertiary/aromatic N) is 2. The van der Waals surface area contributed by atoms with Gasteiger partial charge in [0.1, 0.15) is 5.52 Å². The van der Waals surface area contributed by atoms with Gasteiger partial charge in [-0.05, 0) is 36.4 Å². The number of anilines is 1. The Morgan fingerprint density at radius 2 is 1.79 bits per heavy atom. The van der Waals surface area contributed by atoms with Crippen molar-refractivity contribution >= 4 is 34.7 Å². The molecular weight excluding hydrogens is 358 g/mol. The average molecular weight is 377 g/mol. The molecule has 0 saturated carbocycles. The van der Waals surface area contributed by atoms with Crippen molar-refractivity contribution in [3.05, 3.63) is 66.1 Å². The molecule has 3 aromatic rings. The Kier molecular flexibility index (Phi) is 5.16. The van der Waals surface area contributed by atoms with E-state index >= 15 is 0 Å². The van der Waals surface area contributed by atoms with Crippen LogP contribution in [0, 0.1) is 0 Å². The molecule has 7 heteroatoms. The van der Waals surface area contributed by atoms with E-state index in [0.717, 1.165) is 5.52 Å². The maximum absolute atomic E-state index is 12.4. The number of carbonyl (C=O) groups is 2. The summed E-state index contributed by atoms with van der Waals surface area (Å²) in [6, 6.07) is 14.2. The summed E-state index contributed by atoms with van der Waals surface area (Å²) in [6.07, 6.45) is 2.88. The Bertz CT molecular complexity index is 985. The number of ether oxygens (including phenoxy) is 1. The Labute approximate surface area is 161 Å². The number of oxazole rings is 1. The Morgan fingerprint density at radius 1 is 1.04 bits per heavy atom. The van der Waals surface area contributed by atoms with E-state index in [4.69, 9.17) is 9.15 Å². The van der Waals surface area contributed by atoms with Crippen molar-refractivity contribution in [2.75, 3.05) is 31.6 Å². The minimum atomic E-state index is -0.311. The molecule has 0 bridgehead atoms. The van der Waals surface area contributed by atoms with Gasteiger partial charge in [0.05, 0.1) is 13.2 Å². The first-order valence-corrected chi connectivity index (χ1v) is 9.01. The normalized spacial score (nSPS) is 14.5. The lowest BCUT2D eigenvalue weighted by Gasteiger charge is -2.26. The van der Waals surface area contributed by atoms with Gasteiger partial charge in [-0.25, -0.2) is 4.98 Å². The zero-order chi connectivity index (χ0) is 19.3. The lowest BCUT2D eigenvalue weighted by molar-refractivity contribution is -0.111. The predicted octanol–water partition coefficient (Wildman–Crippen LogP) is 2.95. The number of aromatic nitrogens is 1. The highest BCUT2D eigenvalue weighted by Gasteiger charge is 2.18. The van der Waals surface area contributed by atoms with Crippen LogP contribution in [0.1, 0.15) is 16.2 Å². The third-order valence-corrected chi connectivity index (χ3v) is 4.39. The van der Waals surface area contributed by atoms with Gasteiger partial charge in [0.2, 0.25) is 11.8 Å². The predicted molar refractivity (Wildman–Crippen MR) is 105 cm³/mol. The van der Waals surface area contributed by atoms with Gasteiger partial charge in [0.15, 0.2) is 5.58 Å². The Hall–Kier alpha value is -3.45. The van der Waals surface area contributed by atoms with Crippen molar-refractivity contribution in [1.29, 1.82) is 0 Å². The maximum atomic E-state index is 12.4. The minimum absolute atomic E-state index is 0.0305. The fraction of sp³-hybridized carbons (Fsp3) is 0.190. The molecule has 2 aromatic carbocycles. The molecule has 28 heavy (non-hydrogen) atoms. The van der Waals surface area contributed by atoms with Gasteiger partial charge in [-0.15, -0.1) is 0 Å². The largest absolute Gasteiger partial charge is 0.437 e. The maximum Gasteiger partial charge on any atom is 0.254 e.